The standard InChI is InChI=1S/C36H31Cl2N3O3/c37-28-9-4-22(5-10-28)33(23-6-11-29(38)12-7-23)25-8-15-32-31(21-25)34(39-41(32)30-13-14-30)24-16-18-40(19-17-24)35(42)26-2-1-3-27(20-26)36(43)44/h1-12,15,20-21,24,30,33H,13-14,16-19H2,(H,43,44). The molecule has 1 saturated carbocycles. The minimum Gasteiger partial charge on any atom is -0.478 e. The van der Waals surface area contributed by atoms with E-state index in [1.807, 2.05) is 29.2 Å². The molecular formula is C36H31Cl2N3O3. The summed E-state index contributed by atoms with van der Waals surface area (Å²) in [5.74, 6) is -0.958. The molecule has 2 aliphatic rings. The van der Waals surface area contributed by atoms with E-state index in [4.69, 9.17) is 28.3 Å². The first kappa shape index (κ1) is 28.6. The second kappa shape index (κ2) is 11.8. The third-order valence-electron chi connectivity index (χ3n) is 8.92. The summed E-state index contributed by atoms with van der Waals surface area (Å²) in [6.45, 7) is 1.19. The molecule has 0 radical (unpaired) electrons. The van der Waals surface area contributed by atoms with Gasteiger partial charge in [0.25, 0.3) is 5.91 Å². The van der Waals surface area contributed by atoms with Crippen LogP contribution in [0, 0.1) is 0 Å². The molecule has 0 spiro atoms. The van der Waals surface area contributed by atoms with Crippen molar-refractivity contribution < 1.29 is 14.7 Å². The predicted molar refractivity (Wildman–Crippen MR) is 173 cm³/mol. The molecule has 8 heteroatoms. The lowest BCUT2D eigenvalue weighted by atomic mass is 9.84. The highest BCUT2D eigenvalue weighted by Gasteiger charge is 2.32. The number of carbonyl (C=O) groups is 2. The van der Waals surface area contributed by atoms with Gasteiger partial charge in [-0.1, -0.05) is 59.6 Å². The normalized spacial score (nSPS) is 15.7. The van der Waals surface area contributed by atoms with Gasteiger partial charge in [0, 0.05) is 45.9 Å². The average Bonchev–Trinajstić information content (AvgIpc) is 3.83. The maximum absolute atomic E-state index is 13.3. The Morgan fingerprint density at radius 1 is 0.750 bits per heavy atom. The molecule has 7 rings (SSSR count). The first-order valence-corrected chi connectivity index (χ1v) is 15.8. The summed E-state index contributed by atoms with van der Waals surface area (Å²) in [6.07, 6.45) is 3.86. The second-order valence-electron chi connectivity index (χ2n) is 11.8. The molecule has 5 aromatic rings. The Hall–Kier alpha value is -4.13. The van der Waals surface area contributed by atoms with Crippen LogP contribution in [0.25, 0.3) is 10.9 Å². The SMILES string of the molecule is O=C(O)c1cccc(C(=O)N2CCC(c3nn(C4CC4)c4ccc(C(c5ccc(Cl)cc5)c5ccc(Cl)cc5)cc34)CC2)c1. The van der Waals surface area contributed by atoms with E-state index in [0.29, 0.717) is 34.7 Å². The van der Waals surface area contributed by atoms with Crippen molar-refractivity contribution in [2.24, 2.45) is 0 Å². The predicted octanol–water partition coefficient (Wildman–Crippen LogP) is 8.58. The molecule has 1 N–H and O–H groups in total. The van der Waals surface area contributed by atoms with Crippen LogP contribution >= 0.6 is 23.2 Å². The van der Waals surface area contributed by atoms with Gasteiger partial charge in [0.1, 0.15) is 0 Å². The number of halogens is 2. The molecular weight excluding hydrogens is 593 g/mol. The molecule has 222 valence electrons. The monoisotopic (exact) mass is 623 g/mol. The molecule has 44 heavy (non-hydrogen) atoms. The molecule has 4 aromatic carbocycles. The van der Waals surface area contributed by atoms with E-state index in [1.165, 1.54) is 23.1 Å². The van der Waals surface area contributed by atoms with E-state index in [9.17, 15) is 14.7 Å². The van der Waals surface area contributed by atoms with Crippen molar-refractivity contribution in [3.63, 3.8) is 0 Å². The Balaban J connectivity index is 1.21. The van der Waals surface area contributed by atoms with Gasteiger partial charge in [-0.25, -0.2) is 4.79 Å². The van der Waals surface area contributed by atoms with Crippen LogP contribution < -0.4 is 0 Å². The summed E-state index contributed by atoms with van der Waals surface area (Å²) in [6, 6.07) is 29.5. The highest BCUT2D eigenvalue weighted by molar-refractivity contribution is 6.30. The highest BCUT2D eigenvalue weighted by Crippen LogP contribution is 2.42. The molecule has 2 heterocycles. The van der Waals surface area contributed by atoms with Crippen molar-refractivity contribution >= 4 is 46.0 Å². The van der Waals surface area contributed by atoms with Crippen molar-refractivity contribution in [2.45, 2.75) is 43.6 Å². The van der Waals surface area contributed by atoms with E-state index in [0.717, 1.165) is 48.0 Å². The first-order chi connectivity index (χ1) is 21.4. The number of nitrogens with zero attached hydrogens (tertiary/aromatic N) is 3. The third-order valence-corrected chi connectivity index (χ3v) is 9.42. The van der Waals surface area contributed by atoms with Gasteiger partial charge in [-0.15, -0.1) is 0 Å². The number of amides is 1. The van der Waals surface area contributed by atoms with Crippen molar-refractivity contribution in [1.82, 2.24) is 14.7 Å². The Labute approximate surface area is 265 Å². The number of carbonyl (C=O) groups excluding carboxylic acids is 1. The second-order valence-corrected chi connectivity index (χ2v) is 12.7. The summed E-state index contributed by atoms with van der Waals surface area (Å²) >= 11 is 12.5. The Bertz CT molecular complexity index is 1810. The number of aromatic nitrogens is 2. The fraction of sp³-hybridized carbons (Fsp3) is 0.250. The van der Waals surface area contributed by atoms with Gasteiger partial charge in [0.2, 0.25) is 0 Å². The topological polar surface area (TPSA) is 75.4 Å². The van der Waals surface area contributed by atoms with Gasteiger partial charge in [-0.05, 0) is 97.0 Å². The van der Waals surface area contributed by atoms with Gasteiger partial charge in [0.05, 0.1) is 22.8 Å². The summed E-state index contributed by atoms with van der Waals surface area (Å²) in [5, 5.41) is 17.1. The van der Waals surface area contributed by atoms with Crippen LogP contribution in [-0.2, 0) is 0 Å². The molecule has 0 atom stereocenters. The average molecular weight is 625 g/mol. The number of carboxylic acids is 1. The smallest absolute Gasteiger partial charge is 0.335 e. The summed E-state index contributed by atoms with van der Waals surface area (Å²) in [7, 11) is 0. The molecule has 0 unspecified atom stereocenters. The Morgan fingerprint density at radius 2 is 1.34 bits per heavy atom. The summed E-state index contributed by atoms with van der Waals surface area (Å²) < 4.78 is 2.21. The zero-order chi connectivity index (χ0) is 30.4. The molecule has 1 saturated heterocycles. The molecule has 1 aliphatic heterocycles. The maximum Gasteiger partial charge on any atom is 0.335 e. The van der Waals surface area contributed by atoms with Crippen LogP contribution in [-0.4, -0.2) is 44.8 Å². The summed E-state index contributed by atoms with van der Waals surface area (Å²) in [4.78, 5) is 26.5. The molecule has 1 amide bonds. The number of carboxylic acid groups (broad SMARTS) is 1. The van der Waals surface area contributed by atoms with Gasteiger partial charge >= 0.3 is 5.97 Å². The maximum atomic E-state index is 13.3. The van der Waals surface area contributed by atoms with Crippen LogP contribution in [0.4, 0.5) is 0 Å². The quantitative estimate of drug-likeness (QED) is 0.184. The Morgan fingerprint density at radius 3 is 1.93 bits per heavy atom. The van der Waals surface area contributed by atoms with E-state index in [2.05, 4.69) is 47.1 Å². The van der Waals surface area contributed by atoms with Gasteiger partial charge < -0.3 is 10.0 Å². The molecule has 6 nitrogen and oxygen atoms in total. The number of likely N-dealkylation sites (tertiary alicyclic amines) is 1. The van der Waals surface area contributed by atoms with Crippen molar-refractivity contribution in [3.05, 3.63) is 135 Å². The Kier molecular flexibility index (Phi) is 7.65. The fourth-order valence-electron chi connectivity index (χ4n) is 6.47. The fourth-order valence-corrected chi connectivity index (χ4v) is 6.72. The van der Waals surface area contributed by atoms with Gasteiger partial charge in [0.15, 0.2) is 0 Å². The number of aromatic carboxylic acids is 1. The number of rotatable bonds is 7. The van der Waals surface area contributed by atoms with Crippen LogP contribution in [0.3, 0.4) is 0 Å². The number of benzene rings is 4. The van der Waals surface area contributed by atoms with Crippen LogP contribution in [0.1, 0.15) is 86.7 Å². The number of hydrogen-bond donors (Lipinski definition) is 1. The van der Waals surface area contributed by atoms with Crippen molar-refractivity contribution in [1.29, 1.82) is 0 Å². The van der Waals surface area contributed by atoms with Gasteiger partial charge in [-0.3, -0.25) is 9.48 Å². The minimum absolute atomic E-state index is 0.00732. The molecule has 1 aliphatic carbocycles. The van der Waals surface area contributed by atoms with E-state index >= 15 is 0 Å². The number of fused-ring (bicyclic) bond motifs is 1. The van der Waals surface area contributed by atoms with E-state index < -0.39 is 5.97 Å². The minimum atomic E-state index is -1.04. The molecule has 0 bridgehead atoms. The first-order valence-electron chi connectivity index (χ1n) is 15.0. The number of hydrogen-bond acceptors (Lipinski definition) is 3. The molecule has 1 aromatic heterocycles. The van der Waals surface area contributed by atoms with E-state index in [-0.39, 0.29) is 23.3 Å². The van der Waals surface area contributed by atoms with Crippen molar-refractivity contribution in [3.8, 4) is 0 Å². The lowest BCUT2D eigenvalue weighted by Crippen LogP contribution is -2.38. The summed E-state index contributed by atoms with van der Waals surface area (Å²) in [5.41, 5.74) is 6.24. The lowest BCUT2D eigenvalue weighted by Gasteiger charge is -2.31. The van der Waals surface area contributed by atoms with E-state index in [1.54, 1.807) is 12.1 Å². The zero-order valence-electron chi connectivity index (χ0n) is 24.0. The van der Waals surface area contributed by atoms with Gasteiger partial charge in [-0.2, -0.15) is 5.10 Å². The molecule has 2 fully saturated rings. The van der Waals surface area contributed by atoms with Crippen LogP contribution in [0.5, 0.6) is 0 Å². The van der Waals surface area contributed by atoms with Crippen molar-refractivity contribution in [2.75, 3.05) is 13.1 Å². The highest BCUT2D eigenvalue weighted by atomic mass is 35.5. The largest absolute Gasteiger partial charge is 0.478 e. The lowest BCUT2D eigenvalue weighted by molar-refractivity contribution is 0.0697. The van der Waals surface area contributed by atoms with Crippen LogP contribution in [0.2, 0.25) is 10.0 Å². The third kappa shape index (κ3) is 5.60. The zero-order valence-corrected chi connectivity index (χ0v) is 25.5. The number of piperidine rings is 1. The van der Waals surface area contributed by atoms with Crippen LogP contribution in [0.15, 0.2) is 91.0 Å².